The fraction of sp³-hybridized carbons (Fsp3) is 0.444. The van der Waals surface area contributed by atoms with E-state index in [4.69, 9.17) is 0 Å². The zero-order valence-electron chi connectivity index (χ0n) is 13.2. The lowest BCUT2D eigenvalue weighted by atomic mass is 9.73. The summed E-state index contributed by atoms with van der Waals surface area (Å²) in [6, 6.07) is 3.47. The fourth-order valence-corrected chi connectivity index (χ4v) is 3.50. The minimum Gasteiger partial charge on any atom is -0.256 e. The fourth-order valence-electron chi connectivity index (χ4n) is 3.50. The first-order chi connectivity index (χ1) is 10.9. The van der Waals surface area contributed by atoms with Crippen molar-refractivity contribution >= 4 is 0 Å². The van der Waals surface area contributed by atoms with Gasteiger partial charge in [0.2, 0.25) is 11.9 Å². The van der Waals surface area contributed by atoms with Gasteiger partial charge in [-0.1, -0.05) is 26.7 Å². The van der Waals surface area contributed by atoms with E-state index in [1.54, 1.807) is 0 Å². The minimum absolute atomic E-state index is 0.00317. The molecule has 2 aromatic heterocycles. The van der Waals surface area contributed by atoms with Crippen molar-refractivity contribution in [3.8, 4) is 11.3 Å². The second kappa shape index (κ2) is 5.95. The summed E-state index contributed by atoms with van der Waals surface area (Å²) in [4.78, 5) is 7.30. The zero-order valence-corrected chi connectivity index (χ0v) is 13.2. The Morgan fingerprint density at radius 3 is 2.43 bits per heavy atom. The third kappa shape index (κ3) is 2.96. The molecule has 0 aliphatic heterocycles. The largest absolute Gasteiger partial charge is 0.256 e. The smallest absolute Gasteiger partial charge is 0.224 e. The summed E-state index contributed by atoms with van der Waals surface area (Å²) in [7, 11) is 0. The predicted octanol–water partition coefficient (Wildman–Crippen LogP) is 5.24. The Kier molecular flexibility index (Phi) is 4.13. The number of hydrogen-bond donors (Lipinski definition) is 0. The lowest BCUT2D eigenvalue weighted by Crippen LogP contribution is -2.21. The van der Waals surface area contributed by atoms with Crippen LogP contribution in [-0.4, -0.2) is 9.97 Å². The van der Waals surface area contributed by atoms with E-state index >= 15 is 0 Å². The van der Waals surface area contributed by atoms with Crippen molar-refractivity contribution in [1.29, 1.82) is 0 Å². The Morgan fingerprint density at radius 1 is 1.13 bits per heavy atom. The van der Waals surface area contributed by atoms with Gasteiger partial charge < -0.3 is 0 Å². The second-order valence-electron chi connectivity index (χ2n) is 6.65. The van der Waals surface area contributed by atoms with Crippen LogP contribution in [0.5, 0.6) is 0 Å². The van der Waals surface area contributed by atoms with Crippen molar-refractivity contribution in [1.82, 2.24) is 9.97 Å². The highest BCUT2D eigenvalue weighted by atomic mass is 19.1. The molecule has 5 heteroatoms. The van der Waals surface area contributed by atoms with Gasteiger partial charge in [0, 0.05) is 17.8 Å². The van der Waals surface area contributed by atoms with Gasteiger partial charge in [0.15, 0.2) is 0 Å². The van der Waals surface area contributed by atoms with Crippen LogP contribution in [0.3, 0.4) is 0 Å². The van der Waals surface area contributed by atoms with E-state index in [1.165, 1.54) is 31.2 Å². The minimum atomic E-state index is -0.986. The molecule has 3 rings (SSSR count). The van der Waals surface area contributed by atoms with Crippen LogP contribution in [0.4, 0.5) is 13.2 Å². The van der Waals surface area contributed by atoms with Crippen LogP contribution in [0.2, 0.25) is 0 Å². The Bertz CT molecular complexity index is 724. The number of halogens is 3. The molecule has 0 radical (unpaired) electrons. The molecule has 2 heterocycles. The van der Waals surface area contributed by atoms with E-state index in [0.717, 1.165) is 18.9 Å². The topological polar surface area (TPSA) is 25.8 Å². The van der Waals surface area contributed by atoms with Gasteiger partial charge in [0.1, 0.15) is 5.82 Å². The molecule has 2 nitrogen and oxygen atoms in total. The highest BCUT2D eigenvalue weighted by Crippen LogP contribution is 2.48. The first-order valence-electron chi connectivity index (χ1n) is 7.88. The summed E-state index contributed by atoms with van der Waals surface area (Å²) in [6.45, 7) is 4.20. The molecule has 0 amide bonds. The Balaban J connectivity index is 1.94. The van der Waals surface area contributed by atoms with Crippen LogP contribution in [0, 0.1) is 23.1 Å². The van der Waals surface area contributed by atoms with Crippen LogP contribution in [0.15, 0.2) is 24.4 Å². The van der Waals surface area contributed by atoms with Gasteiger partial charge >= 0.3 is 0 Å². The molecule has 0 N–H and O–H groups in total. The molecule has 0 spiro atoms. The molecular formula is C18H19F3N2. The maximum atomic E-state index is 14.6. The third-order valence-electron chi connectivity index (χ3n) is 5.23. The number of aromatic nitrogens is 2. The monoisotopic (exact) mass is 320 g/mol. The van der Waals surface area contributed by atoms with Gasteiger partial charge in [-0.15, -0.1) is 0 Å². The van der Waals surface area contributed by atoms with E-state index in [2.05, 4.69) is 16.9 Å². The Morgan fingerprint density at radius 2 is 1.83 bits per heavy atom. The number of rotatable bonds is 3. The van der Waals surface area contributed by atoms with Crippen molar-refractivity contribution in [3.05, 3.63) is 47.7 Å². The van der Waals surface area contributed by atoms with Crippen LogP contribution < -0.4 is 0 Å². The lowest BCUT2D eigenvalue weighted by Gasteiger charge is -2.31. The maximum absolute atomic E-state index is 14.6. The van der Waals surface area contributed by atoms with Crippen molar-refractivity contribution in [2.45, 2.75) is 45.4 Å². The zero-order chi connectivity index (χ0) is 16.6. The Labute approximate surface area is 133 Å². The number of hydrogen-bond acceptors (Lipinski definition) is 2. The van der Waals surface area contributed by atoms with Crippen molar-refractivity contribution < 1.29 is 13.2 Å². The number of pyridine rings is 2. The average molecular weight is 320 g/mol. The molecule has 1 aliphatic carbocycles. The first kappa shape index (κ1) is 16.0. The van der Waals surface area contributed by atoms with Gasteiger partial charge in [-0.05, 0) is 36.3 Å². The number of nitrogens with zero attached hydrogens (tertiary/aromatic N) is 2. The van der Waals surface area contributed by atoms with E-state index in [9.17, 15) is 13.2 Å². The van der Waals surface area contributed by atoms with Gasteiger partial charge in [-0.3, -0.25) is 4.98 Å². The molecule has 0 saturated heterocycles. The third-order valence-corrected chi connectivity index (χ3v) is 5.23. The molecule has 1 fully saturated rings. The highest BCUT2D eigenvalue weighted by molar-refractivity contribution is 5.58. The summed E-state index contributed by atoms with van der Waals surface area (Å²) >= 11 is 0. The van der Waals surface area contributed by atoms with Gasteiger partial charge in [-0.2, -0.15) is 13.8 Å². The first-order valence-corrected chi connectivity index (χ1v) is 7.88. The molecule has 122 valence electrons. The van der Waals surface area contributed by atoms with Crippen LogP contribution >= 0.6 is 0 Å². The highest BCUT2D eigenvalue weighted by Gasteiger charge is 2.36. The summed E-state index contributed by atoms with van der Waals surface area (Å²) in [6.07, 6.45) is 5.96. The van der Waals surface area contributed by atoms with Crippen molar-refractivity contribution in [2.75, 3.05) is 0 Å². The molecular weight excluding hydrogens is 301 g/mol. The molecule has 1 unspecified atom stereocenters. The molecule has 1 saturated carbocycles. The van der Waals surface area contributed by atoms with Crippen molar-refractivity contribution in [3.63, 3.8) is 0 Å². The van der Waals surface area contributed by atoms with Crippen molar-refractivity contribution in [2.24, 2.45) is 5.41 Å². The lowest BCUT2D eigenvalue weighted by molar-refractivity contribution is 0.270. The normalized spacial score (nSPS) is 18.1. The van der Waals surface area contributed by atoms with Gasteiger partial charge in [-0.25, -0.2) is 4.39 Å². The van der Waals surface area contributed by atoms with Crippen LogP contribution in [0.25, 0.3) is 11.3 Å². The van der Waals surface area contributed by atoms with E-state index in [1.807, 2.05) is 6.92 Å². The molecule has 0 aromatic carbocycles. The van der Waals surface area contributed by atoms with E-state index in [-0.39, 0.29) is 22.6 Å². The SMILES string of the molecule is CC(c1cnc(-c2ccc(F)nc2F)cc1F)C1(C)CCCC1. The summed E-state index contributed by atoms with van der Waals surface area (Å²) in [5, 5.41) is 0. The maximum Gasteiger partial charge on any atom is 0.224 e. The van der Waals surface area contributed by atoms with Crippen LogP contribution in [-0.2, 0) is 0 Å². The summed E-state index contributed by atoms with van der Waals surface area (Å²) in [5.74, 6) is -2.26. The molecule has 0 bridgehead atoms. The van der Waals surface area contributed by atoms with Crippen LogP contribution in [0.1, 0.15) is 51.0 Å². The average Bonchev–Trinajstić information content (AvgIpc) is 2.94. The molecule has 1 atom stereocenters. The van der Waals surface area contributed by atoms with E-state index < -0.39 is 17.7 Å². The predicted molar refractivity (Wildman–Crippen MR) is 82.3 cm³/mol. The van der Waals surface area contributed by atoms with E-state index in [0.29, 0.717) is 5.56 Å². The molecule has 2 aromatic rings. The molecule has 1 aliphatic rings. The standard InChI is InChI=1S/C18H19F3N2/c1-11(18(2)7-3-4-8-18)13-10-22-15(9-14(13)19)12-5-6-16(20)23-17(12)21/h5-6,9-11H,3-4,7-8H2,1-2H3. The second-order valence-corrected chi connectivity index (χ2v) is 6.65. The Hall–Kier alpha value is -1.91. The quantitative estimate of drug-likeness (QED) is 0.722. The summed E-state index contributed by atoms with van der Waals surface area (Å²) in [5.41, 5.74) is 0.748. The molecule has 23 heavy (non-hydrogen) atoms. The van der Waals surface area contributed by atoms with Gasteiger partial charge in [0.25, 0.3) is 0 Å². The van der Waals surface area contributed by atoms with Gasteiger partial charge in [0.05, 0.1) is 11.3 Å². The summed E-state index contributed by atoms with van der Waals surface area (Å²) < 4.78 is 41.2.